The zero-order valence-corrected chi connectivity index (χ0v) is 27.9. The quantitative estimate of drug-likeness (QED) is 0.148. The van der Waals surface area contributed by atoms with Crippen LogP contribution in [-0.2, 0) is 33.0 Å². The van der Waals surface area contributed by atoms with Crippen LogP contribution in [0, 0.1) is 0 Å². The van der Waals surface area contributed by atoms with E-state index in [9.17, 15) is 20.4 Å². The zero-order valence-electron chi connectivity index (χ0n) is 26.0. The number of aliphatic imine (C=N–C) groups is 4. The van der Waals surface area contributed by atoms with Gasteiger partial charge in [0.05, 0.1) is 0 Å². The maximum atomic E-state index is 11.7. The van der Waals surface area contributed by atoms with E-state index in [2.05, 4.69) is 29.9 Å². The molecule has 2 aromatic heterocycles. The van der Waals surface area contributed by atoms with Crippen LogP contribution >= 0.6 is 0 Å². The molecule has 0 bridgehead atoms. The van der Waals surface area contributed by atoms with Gasteiger partial charge in [0.15, 0.2) is 11.6 Å². The van der Waals surface area contributed by atoms with Gasteiger partial charge >= 0.3 is 33.0 Å². The SMILES string of the molecule is [Ni+2].[Ni+2].[O-]c1ccccc1C=Nc1cccnc1/N=C/c1ccccc1[O-].[O-]c1ccccc1C=Nc1cccnc1/N=C/c1ccccc1[O-]. The van der Waals surface area contributed by atoms with Crippen molar-refractivity contribution >= 4 is 47.9 Å². The number of para-hydroxylation sites is 4. The first-order valence-electron chi connectivity index (χ1n) is 14.6. The Morgan fingerprint density at radius 3 is 0.940 bits per heavy atom. The van der Waals surface area contributed by atoms with Gasteiger partial charge in [-0.1, -0.05) is 97.1 Å². The van der Waals surface area contributed by atoms with E-state index in [-0.39, 0.29) is 56.0 Å². The van der Waals surface area contributed by atoms with Gasteiger partial charge in [-0.2, -0.15) is 0 Å². The Hall–Kier alpha value is -5.95. The summed E-state index contributed by atoms with van der Waals surface area (Å²) in [6, 6.07) is 33.4. The Kier molecular flexibility index (Phi) is 15.2. The van der Waals surface area contributed by atoms with Gasteiger partial charge in [0.25, 0.3) is 0 Å². The Balaban J connectivity index is 0.000000260. The van der Waals surface area contributed by atoms with E-state index in [0.717, 1.165) is 0 Å². The number of aromatic nitrogens is 2. The molecule has 12 heteroatoms. The summed E-state index contributed by atoms with van der Waals surface area (Å²) in [5, 5.41) is 46.8. The number of nitrogens with zero attached hydrogens (tertiary/aromatic N) is 6. The third-order valence-corrected chi connectivity index (χ3v) is 6.55. The summed E-state index contributed by atoms with van der Waals surface area (Å²) in [6.07, 6.45) is 9.09. The van der Waals surface area contributed by atoms with E-state index >= 15 is 0 Å². The molecule has 252 valence electrons. The van der Waals surface area contributed by atoms with Crippen LogP contribution < -0.4 is 20.4 Å². The molecule has 6 aromatic rings. The standard InChI is InChI=1S/2C19H15N3O2.2Ni/c2*23-17-9-3-1-6-14(17)12-21-16-8-5-11-20-19(16)22-13-15-7-2-4-10-18(15)24;;/h2*1-13,23-24H;;/q;;2*+2/p-4/b2*21-12?,22-13+;;. The molecule has 6 rings (SSSR count). The molecule has 0 radical (unpaired) electrons. The van der Waals surface area contributed by atoms with Gasteiger partial charge in [-0.05, 0) is 46.5 Å². The second kappa shape index (κ2) is 19.8. The molecule has 0 amide bonds. The summed E-state index contributed by atoms with van der Waals surface area (Å²) >= 11 is 0. The van der Waals surface area contributed by atoms with Crippen molar-refractivity contribution in [3.63, 3.8) is 0 Å². The number of benzene rings is 4. The predicted octanol–water partition coefficient (Wildman–Crippen LogP) is 5.46. The van der Waals surface area contributed by atoms with Gasteiger partial charge in [-0.15, -0.1) is 23.0 Å². The molecule has 0 fully saturated rings. The Morgan fingerprint density at radius 1 is 0.360 bits per heavy atom. The van der Waals surface area contributed by atoms with Crippen molar-refractivity contribution in [1.29, 1.82) is 0 Å². The fourth-order valence-electron chi connectivity index (χ4n) is 4.07. The summed E-state index contributed by atoms with van der Waals surface area (Å²) in [5.41, 5.74) is 2.95. The van der Waals surface area contributed by atoms with Crippen molar-refractivity contribution in [2.24, 2.45) is 20.0 Å². The Bertz CT molecular complexity index is 1820. The maximum Gasteiger partial charge on any atom is 2.00 e. The van der Waals surface area contributed by atoms with Crippen molar-refractivity contribution in [2.45, 2.75) is 0 Å². The van der Waals surface area contributed by atoms with Crippen LogP contribution in [0.1, 0.15) is 22.3 Å². The van der Waals surface area contributed by atoms with E-state index in [1.807, 2.05) is 0 Å². The molecule has 10 nitrogen and oxygen atoms in total. The molecule has 50 heavy (non-hydrogen) atoms. The molecule has 0 aliphatic rings. The van der Waals surface area contributed by atoms with Crippen LogP contribution in [0.25, 0.3) is 0 Å². The molecule has 0 N–H and O–H groups in total. The van der Waals surface area contributed by atoms with Gasteiger partial charge in [-0.3, -0.25) is 9.98 Å². The van der Waals surface area contributed by atoms with Crippen molar-refractivity contribution in [1.82, 2.24) is 9.97 Å². The average Bonchev–Trinajstić information content (AvgIpc) is 3.11. The molecule has 0 aliphatic carbocycles. The Labute approximate surface area is 308 Å². The molecule has 0 aliphatic heterocycles. The van der Waals surface area contributed by atoms with Gasteiger partial charge in [0.1, 0.15) is 11.4 Å². The van der Waals surface area contributed by atoms with Gasteiger partial charge in [-0.25, -0.2) is 20.0 Å². The largest absolute Gasteiger partial charge is 2.00 e. The Morgan fingerprint density at radius 2 is 0.640 bits per heavy atom. The summed E-state index contributed by atoms with van der Waals surface area (Å²) in [6.45, 7) is 0. The van der Waals surface area contributed by atoms with Crippen molar-refractivity contribution in [3.05, 3.63) is 156 Å². The number of hydrogen-bond donors (Lipinski definition) is 0. The number of pyridine rings is 2. The summed E-state index contributed by atoms with van der Waals surface area (Å²) < 4.78 is 0. The minimum Gasteiger partial charge on any atom is -0.872 e. The van der Waals surface area contributed by atoms with E-state index in [1.165, 1.54) is 49.1 Å². The molecule has 0 atom stereocenters. The maximum absolute atomic E-state index is 11.7. The van der Waals surface area contributed by atoms with E-state index < -0.39 is 0 Å². The van der Waals surface area contributed by atoms with Gasteiger partial charge in [0, 0.05) is 37.3 Å². The average molecular weight is 748 g/mol. The van der Waals surface area contributed by atoms with Crippen molar-refractivity contribution < 1.29 is 53.4 Å². The molecular weight excluding hydrogens is 722 g/mol. The second-order valence-corrected chi connectivity index (χ2v) is 9.88. The fraction of sp³-hybridized carbons (Fsp3) is 0. The topological polar surface area (TPSA) is 167 Å². The first kappa shape index (κ1) is 38.5. The van der Waals surface area contributed by atoms with E-state index in [0.29, 0.717) is 45.3 Å². The first-order valence-corrected chi connectivity index (χ1v) is 14.6. The van der Waals surface area contributed by atoms with Crippen LogP contribution in [0.3, 0.4) is 0 Å². The van der Waals surface area contributed by atoms with Crippen LogP contribution in [0.5, 0.6) is 23.0 Å². The summed E-state index contributed by atoms with van der Waals surface area (Å²) in [7, 11) is 0. The third kappa shape index (κ3) is 11.1. The molecule has 0 spiro atoms. The molecular formula is C38H26N6Ni2O4. The minimum absolute atomic E-state index is 0. The van der Waals surface area contributed by atoms with Crippen LogP contribution in [0.2, 0.25) is 0 Å². The fourth-order valence-corrected chi connectivity index (χ4v) is 4.07. The molecule has 0 saturated carbocycles. The van der Waals surface area contributed by atoms with Crippen LogP contribution in [0.15, 0.2) is 154 Å². The smallest absolute Gasteiger partial charge is 0.872 e. The summed E-state index contributed by atoms with van der Waals surface area (Å²) in [5.74, 6) is 0.330. The number of hydrogen-bond acceptors (Lipinski definition) is 10. The summed E-state index contributed by atoms with van der Waals surface area (Å²) in [4.78, 5) is 25.4. The second-order valence-electron chi connectivity index (χ2n) is 9.88. The first-order chi connectivity index (χ1) is 23.5. The van der Waals surface area contributed by atoms with Gasteiger partial charge in [0.2, 0.25) is 0 Å². The predicted molar refractivity (Wildman–Crippen MR) is 181 cm³/mol. The molecule has 4 aromatic carbocycles. The van der Waals surface area contributed by atoms with E-state index in [4.69, 9.17) is 0 Å². The van der Waals surface area contributed by atoms with Crippen molar-refractivity contribution in [3.8, 4) is 23.0 Å². The molecule has 2 heterocycles. The van der Waals surface area contributed by atoms with Crippen LogP contribution in [-0.4, -0.2) is 34.8 Å². The molecule has 0 unspecified atom stereocenters. The molecule has 0 saturated heterocycles. The van der Waals surface area contributed by atoms with Crippen LogP contribution in [0.4, 0.5) is 23.0 Å². The third-order valence-electron chi connectivity index (χ3n) is 6.55. The van der Waals surface area contributed by atoms with E-state index in [1.54, 1.807) is 109 Å². The van der Waals surface area contributed by atoms with Gasteiger partial charge < -0.3 is 20.4 Å². The zero-order chi connectivity index (χ0) is 33.6. The monoisotopic (exact) mass is 746 g/mol. The minimum atomic E-state index is -0.109. The van der Waals surface area contributed by atoms with Crippen molar-refractivity contribution in [2.75, 3.05) is 0 Å². The normalized spacial score (nSPS) is 10.9. The number of rotatable bonds is 8.